The lowest BCUT2D eigenvalue weighted by molar-refractivity contribution is 0.253. The molecule has 1 fully saturated rings. The highest BCUT2D eigenvalue weighted by Gasteiger charge is 2.27. The molecule has 1 saturated carbocycles. The number of aromatic nitrogens is 2. The molecule has 1 aliphatic rings. The molecule has 1 aliphatic carbocycles. The number of hydrogen-bond donors (Lipinski definition) is 1. The molecule has 2 atom stereocenters. The summed E-state index contributed by atoms with van der Waals surface area (Å²) in [6.07, 6.45) is 9.04. The van der Waals surface area contributed by atoms with Gasteiger partial charge >= 0.3 is 0 Å². The van der Waals surface area contributed by atoms with Crippen LogP contribution in [0.1, 0.15) is 45.1 Å². The van der Waals surface area contributed by atoms with Crippen LogP contribution in [0.15, 0.2) is 12.4 Å². The summed E-state index contributed by atoms with van der Waals surface area (Å²) < 4.78 is 0. The fourth-order valence-corrected chi connectivity index (χ4v) is 2.77. The average molecular weight is 233 g/mol. The average Bonchev–Trinajstić information content (AvgIpc) is 2.32. The third kappa shape index (κ3) is 3.18. The number of rotatable bonds is 3. The summed E-state index contributed by atoms with van der Waals surface area (Å²) in [4.78, 5) is 8.69. The van der Waals surface area contributed by atoms with Crippen molar-refractivity contribution < 1.29 is 0 Å². The molecule has 0 aliphatic heterocycles. The van der Waals surface area contributed by atoms with E-state index >= 15 is 0 Å². The van der Waals surface area contributed by atoms with Gasteiger partial charge in [0.05, 0.1) is 0 Å². The minimum atomic E-state index is 0.548. The molecular formula is C14H23N3. The minimum Gasteiger partial charge on any atom is -0.351 e. The Morgan fingerprint density at radius 1 is 1.18 bits per heavy atom. The minimum absolute atomic E-state index is 0.548. The Morgan fingerprint density at radius 3 is 2.47 bits per heavy atom. The maximum absolute atomic E-state index is 4.34. The van der Waals surface area contributed by atoms with E-state index in [4.69, 9.17) is 0 Å². The second-order valence-electron chi connectivity index (χ2n) is 5.53. The van der Waals surface area contributed by atoms with Crippen LogP contribution in [0.4, 0.5) is 5.95 Å². The summed E-state index contributed by atoms with van der Waals surface area (Å²) in [6.45, 7) is 6.66. The molecule has 0 aromatic carbocycles. The van der Waals surface area contributed by atoms with E-state index < -0.39 is 0 Å². The van der Waals surface area contributed by atoms with Crippen molar-refractivity contribution in [3.63, 3.8) is 0 Å². The molecule has 0 amide bonds. The van der Waals surface area contributed by atoms with E-state index in [1.165, 1.54) is 25.7 Å². The zero-order valence-electron chi connectivity index (χ0n) is 11.1. The van der Waals surface area contributed by atoms with E-state index in [1.54, 1.807) is 0 Å². The van der Waals surface area contributed by atoms with Gasteiger partial charge in [0.25, 0.3) is 0 Å². The SMILES string of the molecule is Cc1cnc(NC2CCCCC2C(C)C)nc1. The topological polar surface area (TPSA) is 37.8 Å². The smallest absolute Gasteiger partial charge is 0.222 e. The zero-order valence-corrected chi connectivity index (χ0v) is 11.1. The molecule has 2 rings (SSSR count). The van der Waals surface area contributed by atoms with Crippen molar-refractivity contribution in [3.05, 3.63) is 18.0 Å². The Kier molecular flexibility index (Phi) is 3.97. The predicted molar refractivity (Wildman–Crippen MR) is 71.0 cm³/mol. The summed E-state index contributed by atoms with van der Waals surface area (Å²) in [6, 6.07) is 0.548. The maximum Gasteiger partial charge on any atom is 0.222 e. The first-order valence-corrected chi connectivity index (χ1v) is 6.72. The highest BCUT2D eigenvalue weighted by molar-refractivity contribution is 5.26. The van der Waals surface area contributed by atoms with Gasteiger partial charge < -0.3 is 5.32 Å². The standard InChI is InChI=1S/C14H23N3/c1-10(2)12-6-4-5-7-13(12)17-14-15-8-11(3)9-16-14/h8-10,12-13H,4-7H2,1-3H3,(H,15,16,17). The van der Waals surface area contributed by atoms with Gasteiger partial charge in [-0.15, -0.1) is 0 Å². The molecule has 2 unspecified atom stereocenters. The molecule has 3 heteroatoms. The van der Waals surface area contributed by atoms with Gasteiger partial charge in [-0.3, -0.25) is 0 Å². The van der Waals surface area contributed by atoms with Crippen molar-refractivity contribution in [3.8, 4) is 0 Å². The molecule has 1 aromatic rings. The van der Waals surface area contributed by atoms with E-state index in [-0.39, 0.29) is 0 Å². The third-order valence-corrected chi connectivity index (χ3v) is 3.77. The largest absolute Gasteiger partial charge is 0.351 e. The first kappa shape index (κ1) is 12.3. The van der Waals surface area contributed by atoms with Crippen molar-refractivity contribution >= 4 is 5.95 Å². The van der Waals surface area contributed by atoms with Gasteiger partial charge in [0.15, 0.2) is 0 Å². The molecular weight excluding hydrogens is 210 g/mol. The van der Waals surface area contributed by atoms with Crippen LogP contribution in [-0.2, 0) is 0 Å². The van der Waals surface area contributed by atoms with Crippen molar-refractivity contribution in [1.29, 1.82) is 0 Å². The van der Waals surface area contributed by atoms with Crippen LogP contribution >= 0.6 is 0 Å². The quantitative estimate of drug-likeness (QED) is 0.869. The van der Waals surface area contributed by atoms with Crippen molar-refractivity contribution in [2.24, 2.45) is 11.8 Å². The maximum atomic E-state index is 4.34. The Balaban J connectivity index is 2.02. The third-order valence-electron chi connectivity index (χ3n) is 3.77. The normalized spacial score (nSPS) is 24.9. The summed E-state index contributed by atoms with van der Waals surface area (Å²) >= 11 is 0. The molecule has 0 radical (unpaired) electrons. The number of anilines is 1. The van der Waals surface area contributed by atoms with Crippen LogP contribution < -0.4 is 5.32 Å². The van der Waals surface area contributed by atoms with Crippen molar-refractivity contribution in [2.75, 3.05) is 5.32 Å². The molecule has 17 heavy (non-hydrogen) atoms. The fourth-order valence-electron chi connectivity index (χ4n) is 2.77. The summed E-state index contributed by atoms with van der Waals surface area (Å²) in [5.41, 5.74) is 1.11. The van der Waals surface area contributed by atoms with Crippen molar-refractivity contribution in [2.45, 2.75) is 52.5 Å². The Morgan fingerprint density at radius 2 is 1.82 bits per heavy atom. The Bertz CT molecular complexity index is 345. The number of nitrogens with one attached hydrogen (secondary N) is 1. The first-order valence-electron chi connectivity index (χ1n) is 6.72. The molecule has 0 bridgehead atoms. The summed E-state index contributed by atoms with van der Waals surface area (Å²) in [7, 11) is 0. The van der Waals surface area contributed by atoms with Crippen LogP contribution in [0, 0.1) is 18.8 Å². The number of aryl methyl sites for hydroxylation is 1. The Labute approximate surface area is 104 Å². The Hall–Kier alpha value is -1.12. The van der Waals surface area contributed by atoms with Gasteiger partial charge in [-0.05, 0) is 37.2 Å². The molecule has 0 spiro atoms. The summed E-state index contributed by atoms with van der Waals surface area (Å²) in [5.74, 6) is 2.28. The molecule has 1 heterocycles. The van der Waals surface area contributed by atoms with Crippen molar-refractivity contribution in [1.82, 2.24) is 9.97 Å². The van der Waals surface area contributed by atoms with Crippen LogP contribution in [0.3, 0.4) is 0 Å². The van der Waals surface area contributed by atoms with E-state index in [9.17, 15) is 0 Å². The molecule has 94 valence electrons. The van der Waals surface area contributed by atoms with Gasteiger partial charge in [0.2, 0.25) is 5.95 Å². The van der Waals surface area contributed by atoms with Crippen LogP contribution in [0.5, 0.6) is 0 Å². The lowest BCUT2D eigenvalue weighted by Gasteiger charge is -2.34. The van der Waals surface area contributed by atoms with E-state index in [0.717, 1.165) is 23.3 Å². The van der Waals surface area contributed by atoms with Crippen LogP contribution in [-0.4, -0.2) is 16.0 Å². The highest BCUT2D eigenvalue weighted by atomic mass is 15.1. The number of nitrogens with zero attached hydrogens (tertiary/aromatic N) is 2. The van der Waals surface area contributed by atoms with Crippen LogP contribution in [0.25, 0.3) is 0 Å². The van der Waals surface area contributed by atoms with Gasteiger partial charge in [0.1, 0.15) is 0 Å². The molecule has 1 aromatic heterocycles. The zero-order chi connectivity index (χ0) is 12.3. The fraction of sp³-hybridized carbons (Fsp3) is 0.714. The van der Waals surface area contributed by atoms with E-state index in [2.05, 4.69) is 29.1 Å². The monoisotopic (exact) mass is 233 g/mol. The van der Waals surface area contributed by atoms with Gasteiger partial charge in [0, 0.05) is 18.4 Å². The van der Waals surface area contributed by atoms with E-state index in [1.807, 2.05) is 19.3 Å². The predicted octanol–water partition coefficient (Wildman–Crippen LogP) is 3.41. The molecule has 1 N–H and O–H groups in total. The number of hydrogen-bond acceptors (Lipinski definition) is 3. The lowest BCUT2D eigenvalue weighted by Crippen LogP contribution is -2.35. The highest BCUT2D eigenvalue weighted by Crippen LogP contribution is 2.31. The second kappa shape index (κ2) is 5.48. The van der Waals surface area contributed by atoms with Gasteiger partial charge in [-0.2, -0.15) is 0 Å². The van der Waals surface area contributed by atoms with Crippen LogP contribution in [0.2, 0.25) is 0 Å². The second-order valence-corrected chi connectivity index (χ2v) is 5.53. The molecule has 0 saturated heterocycles. The lowest BCUT2D eigenvalue weighted by atomic mass is 9.78. The van der Waals surface area contributed by atoms with Gasteiger partial charge in [-0.25, -0.2) is 9.97 Å². The van der Waals surface area contributed by atoms with E-state index in [0.29, 0.717) is 6.04 Å². The van der Waals surface area contributed by atoms with Gasteiger partial charge in [-0.1, -0.05) is 26.7 Å². The first-order chi connectivity index (χ1) is 8.16. The summed E-state index contributed by atoms with van der Waals surface area (Å²) in [5, 5.41) is 3.52. The molecule has 3 nitrogen and oxygen atoms in total.